The van der Waals surface area contributed by atoms with E-state index in [2.05, 4.69) is 4.99 Å². The Morgan fingerprint density at radius 1 is 1.26 bits per heavy atom. The Hall–Kier alpha value is -1.77. The number of hydrogen-bond acceptors (Lipinski definition) is 5. The van der Waals surface area contributed by atoms with Crippen LogP contribution in [0.5, 0.6) is 0 Å². The number of anilines is 1. The molecule has 4 N–H and O–H groups in total. The molecule has 0 bridgehead atoms. The van der Waals surface area contributed by atoms with Gasteiger partial charge in [-0.2, -0.15) is 0 Å². The molecular weight excluding hydrogens is 331 g/mol. The molecule has 2 atom stereocenters. The Bertz CT molecular complexity index is 782. The van der Waals surface area contributed by atoms with E-state index in [1.54, 1.807) is 0 Å². The lowest BCUT2D eigenvalue weighted by Gasteiger charge is -2.39. The van der Waals surface area contributed by atoms with Crippen molar-refractivity contribution in [2.75, 3.05) is 18.7 Å². The maximum Gasteiger partial charge on any atom is 0.164 e. The van der Waals surface area contributed by atoms with Crippen LogP contribution in [-0.4, -0.2) is 31.9 Å². The molecule has 0 saturated heterocycles. The average molecular weight is 349 g/mol. The molecule has 5 nitrogen and oxygen atoms in total. The predicted octanol–water partition coefficient (Wildman–Crippen LogP) is 1.67. The molecule has 128 valence electrons. The van der Waals surface area contributed by atoms with Gasteiger partial charge < -0.3 is 11.5 Å². The summed E-state index contributed by atoms with van der Waals surface area (Å²) < 4.78 is 63.8. The molecule has 2 rings (SSSR count). The first-order valence-electron chi connectivity index (χ1n) is 6.83. The summed E-state index contributed by atoms with van der Waals surface area (Å²) in [6, 6.07) is 1.87. The van der Waals surface area contributed by atoms with E-state index in [1.807, 2.05) is 0 Å². The van der Waals surface area contributed by atoms with Crippen molar-refractivity contribution >= 4 is 21.4 Å². The number of halogens is 3. The van der Waals surface area contributed by atoms with E-state index < -0.39 is 38.4 Å². The smallest absolute Gasteiger partial charge is 0.164 e. The normalized spacial score (nSPS) is 28.5. The second-order valence-corrected chi connectivity index (χ2v) is 8.47. The van der Waals surface area contributed by atoms with Crippen LogP contribution in [-0.2, 0) is 15.4 Å². The molecule has 0 aliphatic carbocycles. The van der Waals surface area contributed by atoms with Crippen LogP contribution in [0.4, 0.5) is 18.9 Å². The van der Waals surface area contributed by atoms with Crippen molar-refractivity contribution in [1.82, 2.24) is 0 Å². The van der Waals surface area contributed by atoms with Crippen LogP contribution in [0.2, 0.25) is 0 Å². The highest BCUT2D eigenvalue weighted by Gasteiger charge is 2.49. The number of nitrogens with zero attached hydrogens (tertiary/aromatic N) is 1. The third-order valence-corrected chi connectivity index (χ3v) is 6.53. The predicted molar refractivity (Wildman–Crippen MR) is 82.5 cm³/mol. The minimum Gasteiger partial charge on any atom is -0.399 e. The van der Waals surface area contributed by atoms with Gasteiger partial charge in [-0.05, 0) is 31.9 Å². The average Bonchev–Trinajstić information content (AvgIpc) is 2.45. The van der Waals surface area contributed by atoms with Crippen molar-refractivity contribution < 1.29 is 21.6 Å². The van der Waals surface area contributed by atoms with Crippen LogP contribution < -0.4 is 11.5 Å². The summed E-state index contributed by atoms with van der Waals surface area (Å²) in [5.41, 5.74) is 9.04. The molecule has 0 unspecified atom stereocenters. The highest BCUT2D eigenvalue weighted by Crippen LogP contribution is 2.42. The van der Waals surface area contributed by atoms with Gasteiger partial charge in [0.2, 0.25) is 0 Å². The van der Waals surface area contributed by atoms with Crippen molar-refractivity contribution in [3.8, 4) is 0 Å². The molecule has 0 saturated carbocycles. The first-order valence-corrected chi connectivity index (χ1v) is 8.72. The molecule has 1 aromatic rings. The summed E-state index contributed by atoms with van der Waals surface area (Å²) in [5.74, 6) is -2.82. The maximum absolute atomic E-state index is 14.1. The van der Waals surface area contributed by atoms with Gasteiger partial charge in [0.25, 0.3) is 0 Å². The van der Waals surface area contributed by atoms with Crippen molar-refractivity contribution in [3.05, 3.63) is 29.3 Å². The van der Waals surface area contributed by atoms with E-state index >= 15 is 0 Å². The van der Waals surface area contributed by atoms with Crippen LogP contribution in [0, 0.1) is 11.6 Å². The van der Waals surface area contributed by atoms with E-state index in [9.17, 15) is 21.6 Å². The molecule has 1 aliphatic heterocycles. The lowest BCUT2D eigenvalue weighted by molar-refractivity contribution is 0.263. The van der Waals surface area contributed by atoms with Crippen molar-refractivity contribution in [3.63, 3.8) is 0 Å². The molecule has 0 aromatic heterocycles. The third-order valence-electron chi connectivity index (χ3n) is 4.48. The van der Waals surface area contributed by atoms with Gasteiger partial charge in [0.1, 0.15) is 22.8 Å². The van der Waals surface area contributed by atoms with Gasteiger partial charge >= 0.3 is 0 Å². The number of benzene rings is 1. The lowest BCUT2D eigenvalue weighted by atomic mass is 9.80. The van der Waals surface area contributed by atoms with Gasteiger partial charge in [-0.1, -0.05) is 0 Å². The molecule has 9 heteroatoms. The van der Waals surface area contributed by atoms with E-state index in [4.69, 9.17) is 11.5 Å². The SMILES string of the molecule is C[C@@]1(S(C)(=O)=O)CC[C@@](CF)(c2cc(N)cc(F)c2F)N=C1N. The summed E-state index contributed by atoms with van der Waals surface area (Å²) in [7, 11) is -3.61. The highest BCUT2D eigenvalue weighted by atomic mass is 32.2. The van der Waals surface area contributed by atoms with Crippen LogP contribution in [0.25, 0.3) is 0 Å². The molecular formula is C14H18F3N3O2S. The highest BCUT2D eigenvalue weighted by molar-refractivity contribution is 7.92. The van der Waals surface area contributed by atoms with E-state index in [0.717, 1.165) is 18.4 Å². The fourth-order valence-electron chi connectivity index (χ4n) is 2.67. The van der Waals surface area contributed by atoms with Crippen LogP contribution in [0.3, 0.4) is 0 Å². The molecule has 1 aromatic carbocycles. The molecule has 0 amide bonds. The van der Waals surface area contributed by atoms with Crippen LogP contribution in [0.15, 0.2) is 17.1 Å². The summed E-state index contributed by atoms with van der Waals surface area (Å²) in [4.78, 5) is 3.94. The second-order valence-electron chi connectivity index (χ2n) is 6.03. The van der Waals surface area contributed by atoms with Gasteiger partial charge in [0.05, 0.1) is 0 Å². The van der Waals surface area contributed by atoms with E-state index in [-0.39, 0.29) is 29.9 Å². The van der Waals surface area contributed by atoms with Gasteiger partial charge in [-0.3, -0.25) is 4.99 Å². The number of alkyl halides is 1. The zero-order valence-electron chi connectivity index (χ0n) is 12.7. The van der Waals surface area contributed by atoms with Gasteiger partial charge in [0.15, 0.2) is 21.5 Å². The van der Waals surface area contributed by atoms with Gasteiger partial charge in [-0.25, -0.2) is 21.6 Å². The Balaban J connectivity index is 2.67. The van der Waals surface area contributed by atoms with Crippen molar-refractivity contribution in [2.24, 2.45) is 10.7 Å². The number of hydrogen-bond donors (Lipinski definition) is 2. The number of nitrogen functional groups attached to an aromatic ring is 1. The summed E-state index contributed by atoms with van der Waals surface area (Å²) in [5, 5.41) is 0. The minimum atomic E-state index is -3.61. The Labute approximate surface area is 132 Å². The second kappa shape index (κ2) is 5.40. The number of aliphatic imine (C=N–C) groups is 1. The molecule has 0 fully saturated rings. The van der Waals surface area contributed by atoms with E-state index in [0.29, 0.717) is 0 Å². The standard InChI is InChI=1S/C14H18F3N3O2S/c1-13(23(2,21)22)3-4-14(7-15,20-12(13)19)9-5-8(18)6-10(16)11(9)17/h5-6H,3-4,7,18H2,1-2H3,(H2,19,20)/t13-,14-/m1/s1. The largest absolute Gasteiger partial charge is 0.399 e. The molecule has 1 aliphatic rings. The molecule has 23 heavy (non-hydrogen) atoms. The number of rotatable bonds is 3. The van der Waals surface area contributed by atoms with Crippen molar-refractivity contribution in [1.29, 1.82) is 0 Å². The van der Waals surface area contributed by atoms with Crippen LogP contribution >= 0.6 is 0 Å². The van der Waals surface area contributed by atoms with Crippen molar-refractivity contribution in [2.45, 2.75) is 30.1 Å². The molecule has 0 spiro atoms. The maximum atomic E-state index is 14.1. The monoisotopic (exact) mass is 349 g/mol. The molecule has 0 radical (unpaired) electrons. The number of sulfone groups is 1. The Morgan fingerprint density at radius 2 is 1.87 bits per heavy atom. The fraction of sp³-hybridized carbons (Fsp3) is 0.500. The van der Waals surface area contributed by atoms with Gasteiger partial charge in [-0.15, -0.1) is 0 Å². The van der Waals surface area contributed by atoms with E-state index in [1.165, 1.54) is 6.92 Å². The lowest BCUT2D eigenvalue weighted by Crippen LogP contribution is -2.53. The zero-order valence-corrected chi connectivity index (χ0v) is 13.6. The van der Waals surface area contributed by atoms with Crippen LogP contribution in [0.1, 0.15) is 25.3 Å². The topological polar surface area (TPSA) is 98.5 Å². The third kappa shape index (κ3) is 2.66. The summed E-state index contributed by atoms with van der Waals surface area (Å²) >= 11 is 0. The Morgan fingerprint density at radius 3 is 2.35 bits per heavy atom. The minimum absolute atomic E-state index is 0.0685. The first kappa shape index (κ1) is 17.6. The molecule has 1 heterocycles. The summed E-state index contributed by atoms with van der Waals surface area (Å²) in [6.07, 6.45) is 0.785. The number of amidine groups is 1. The first-order chi connectivity index (χ1) is 10.5. The number of nitrogens with two attached hydrogens (primary N) is 2. The Kier molecular flexibility index (Phi) is 4.13. The summed E-state index contributed by atoms with van der Waals surface area (Å²) in [6.45, 7) is 0.215. The van der Waals surface area contributed by atoms with Gasteiger partial charge in [0, 0.05) is 17.5 Å². The quantitative estimate of drug-likeness (QED) is 0.811. The zero-order chi connectivity index (χ0) is 17.6. The fourth-order valence-corrected chi connectivity index (χ4v) is 3.56.